The predicted molar refractivity (Wildman–Crippen MR) is 76.3 cm³/mol. The summed E-state index contributed by atoms with van der Waals surface area (Å²) in [7, 11) is 1.53. The van der Waals surface area contributed by atoms with E-state index in [2.05, 4.69) is 0 Å². The molecule has 1 heterocycles. The number of hydrogen-bond acceptors (Lipinski definition) is 4. The molecule has 5 nitrogen and oxygen atoms in total. The van der Waals surface area contributed by atoms with Gasteiger partial charge < -0.3 is 14.4 Å². The number of ether oxygens (including phenoxy) is 2. The first kappa shape index (κ1) is 17.0. The lowest BCUT2D eigenvalue weighted by Crippen LogP contribution is -2.52. The zero-order chi connectivity index (χ0) is 15.6. The molecule has 0 N–H and O–H groups in total. The van der Waals surface area contributed by atoms with E-state index in [1.165, 1.54) is 7.11 Å². The average molecular weight is 285 g/mol. The Morgan fingerprint density at radius 2 is 1.85 bits per heavy atom. The number of carbonyl (C=O) groups is 2. The summed E-state index contributed by atoms with van der Waals surface area (Å²) in [6, 6.07) is -0.484. The SMILES string of the molecule is CCC(C)(OC)C(=O)N1CCC[C@@H]1C(=O)OC(C)(C)C. The number of methoxy groups -OCH3 is 1. The fraction of sp³-hybridized carbons (Fsp3) is 0.867. The summed E-state index contributed by atoms with van der Waals surface area (Å²) in [6.45, 7) is 9.74. The second kappa shape index (κ2) is 6.12. The highest BCUT2D eigenvalue weighted by Gasteiger charge is 2.43. The Kier molecular flexibility index (Phi) is 5.19. The lowest BCUT2D eigenvalue weighted by molar-refractivity contribution is -0.168. The smallest absolute Gasteiger partial charge is 0.329 e. The van der Waals surface area contributed by atoms with E-state index in [1.807, 2.05) is 27.7 Å². The van der Waals surface area contributed by atoms with Crippen molar-refractivity contribution in [3.63, 3.8) is 0 Å². The van der Waals surface area contributed by atoms with Crippen LogP contribution in [0.2, 0.25) is 0 Å². The maximum atomic E-state index is 12.6. The molecule has 5 heteroatoms. The normalized spacial score (nSPS) is 22.5. The van der Waals surface area contributed by atoms with Gasteiger partial charge in [0.05, 0.1) is 0 Å². The van der Waals surface area contributed by atoms with Crippen molar-refractivity contribution in [3.05, 3.63) is 0 Å². The van der Waals surface area contributed by atoms with Crippen LogP contribution in [0.15, 0.2) is 0 Å². The number of hydrogen-bond donors (Lipinski definition) is 0. The van der Waals surface area contributed by atoms with Gasteiger partial charge in [-0.25, -0.2) is 4.79 Å². The van der Waals surface area contributed by atoms with E-state index >= 15 is 0 Å². The predicted octanol–water partition coefficient (Wildman–Crippen LogP) is 2.13. The minimum atomic E-state index is -0.870. The molecule has 0 bridgehead atoms. The van der Waals surface area contributed by atoms with Gasteiger partial charge in [0.25, 0.3) is 5.91 Å². The average Bonchev–Trinajstić information content (AvgIpc) is 2.84. The molecule has 1 rings (SSSR count). The fourth-order valence-corrected chi connectivity index (χ4v) is 2.31. The monoisotopic (exact) mass is 285 g/mol. The van der Waals surface area contributed by atoms with Crippen molar-refractivity contribution in [2.24, 2.45) is 0 Å². The zero-order valence-corrected chi connectivity index (χ0v) is 13.5. The number of likely N-dealkylation sites (tertiary alicyclic amines) is 1. The molecule has 1 fully saturated rings. The first-order valence-electron chi connectivity index (χ1n) is 7.23. The highest BCUT2D eigenvalue weighted by atomic mass is 16.6. The molecule has 116 valence electrons. The van der Waals surface area contributed by atoms with Crippen LogP contribution in [0.4, 0.5) is 0 Å². The van der Waals surface area contributed by atoms with Gasteiger partial charge in [0, 0.05) is 13.7 Å². The van der Waals surface area contributed by atoms with Gasteiger partial charge in [-0.3, -0.25) is 4.79 Å². The van der Waals surface area contributed by atoms with Crippen molar-refractivity contribution in [2.45, 2.75) is 71.1 Å². The molecule has 1 aliphatic heterocycles. The number of esters is 1. The van der Waals surface area contributed by atoms with E-state index < -0.39 is 17.2 Å². The molecule has 0 saturated carbocycles. The van der Waals surface area contributed by atoms with Crippen LogP contribution in [0.5, 0.6) is 0 Å². The summed E-state index contributed by atoms with van der Waals surface area (Å²) >= 11 is 0. The van der Waals surface area contributed by atoms with Gasteiger partial charge in [-0.15, -0.1) is 0 Å². The Morgan fingerprint density at radius 3 is 2.30 bits per heavy atom. The Balaban J connectivity index is 2.85. The van der Waals surface area contributed by atoms with Gasteiger partial charge in [-0.2, -0.15) is 0 Å². The summed E-state index contributed by atoms with van der Waals surface area (Å²) < 4.78 is 10.8. The van der Waals surface area contributed by atoms with Crippen molar-refractivity contribution in [1.29, 1.82) is 0 Å². The Morgan fingerprint density at radius 1 is 1.25 bits per heavy atom. The lowest BCUT2D eigenvalue weighted by atomic mass is 10.0. The van der Waals surface area contributed by atoms with Crippen LogP contribution in [0, 0.1) is 0 Å². The van der Waals surface area contributed by atoms with Crippen molar-refractivity contribution >= 4 is 11.9 Å². The molecule has 0 aliphatic carbocycles. The van der Waals surface area contributed by atoms with Crippen molar-refractivity contribution < 1.29 is 19.1 Å². The molecule has 0 aromatic rings. The van der Waals surface area contributed by atoms with E-state index in [0.717, 1.165) is 6.42 Å². The molecular weight excluding hydrogens is 258 g/mol. The molecule has 0 spiro atoms. The summed E-state index contributed by atoms with van der Waals surface area (Å²) in [4.78, 5) is 26.4. The maximum Gasteiger partial charge on any atom is 0.329 e. The highest BCUT2D eigenvalue weighted by Crippen LogP contribution is 2.26. The molecule has 1 unspecified atom stereocenters. The molecule has 2 atom stereocenters. The minimum Gasteiger partial charge on any atom is -0.458 e. The van der Waals surface area contributed by atoms with Gasteiger partial charge in [0.15, 0.2) is 0 Å². The van der Waals surface area contributed by atoms with E-state index in [1.54, 1.807) is 11.8 Å². The molecule has 1 aliphatic rings. The molecule has 0 aromatic heterocycles. The lowest BCUT2D eigenvalue weighted by Gasteiger charge is -2.34. The molecular formula is C15H27NO4. The molecule has 0 radical (unpaired) electrons. The first-order valence-corrected chi connectivity index (χ1v) is 7.23. The second-order valence-electron chi connectivity index (χ2n) is 6.48. The number of amides is 1. The van der Waals surface area contributed by atoms with Crippen LogP contribution < -0.4 is 0 Å². The van der Waals surface area contributed by atoms with Gasteiger partial charge in [0.2, 0.25) is 0 Å². The van der Waals surface area contributed by atoms with Crippen LogP contribution in [0.25, 0.3) is 0 Å². The summed E-state index contributed by atoms with van der Waals surface area (Å²) in [5, 5.41) is 0. The van der Waals surface area contributed by atoms with E-state index in [4.69, 9.17) is 9.47 Å². The summed E-state index contributed by atoms with van der Waals surface area (Å²) in [6.07, 6.45) is 2.04. The topological polar surface area (TPSA) is 55.8 Å². The van der Waals surface area contributed by atoms with Crippen LogP contribution in [-0.2, 0) is 19.1 Å². The van der Waals surface area contributed by atoms with Crippen LogP contribution in [0.1, 0.15) is 53.9 Å². The van der Waals surface area contributed by atoms with E-state index in [0.29, 0.717) is 19.4 Å². The summed E-state index contributed by atoms with van der Waals surface area (Å²) in [5.41, 5.74) is -1.41. The Bertz CT molecular complexity index is 369. The largest absolute Gasteiger partial charge is 0.458 e. The van der Waals surface area contributed by atoms with E-state index in [-0.39, 0.29) is 11.9 Å². The van der Waals surface area contributed by atoms with E-state index in [9.17, 15) is 9.59 Å². The van der Waals surface area contributed by atoms with Gasteiger partial charge in [-0.05, 0) is 47.0 Å². The quantitative estimate of drug-likeness (QED) is 0.743. The van der Waals surface area contributed by atoms with Crippen molar-refractivity contribution in [1.82, 2.24) is 4.90 Å². The zero-order valence-electron chi connectivity index (χ0n) is 13.5. The third-order valence-electron chi connectivity index (χ3n) is 3.77. The van der Waals surface area contributed by atoms with Crippen molar-refractivity contribution in [3.8, 4) is 0 Å². The third kappa shape index (κ3) is 3.72. The maximum absolute atomic E-state index is 12.6. The fourth-order valence-electron chi connectivity index (χ4n) is 2.31. The Labute approximate surface area is 121 Å². The van der Waals surface area contributed by atoms with Crippen LogP contribution in [-0.4, -0.2) is 47.7 Å². The van der Waals surface area contributed by atoms with Gasteiger partial charge in [-0.1, -0.05) is 6.92 Å². The van der Waals surface area contributed by atoms with Crippen molar-refractivity contribution in [2.75, 3.05) is 13.7 Å². The number of rotatable bonds is 4. The second-order valence-corrected chi connectivity index (χ2v) is 6.48. The molecule has 20 heavy (non-hydrogen) atoms. The van der Waals surface area contributed by atoms with Crippen LogP contribution >= 0.6 is 0 Å². The first-order chi connectivity index (χ1) is 9.14. The minimum absolute atomic E-state index is 0.129. The molecule has 1 amide bonds. The number of carbonyl (C=O) groups excluding carboxylic acids is 2. The van der Waals surface area contributed by atoms with Gasteiger partial charge >= 0.3 is 5.97 Å². The molecule has 1 saturated heterocycles. The summed E-state index contributed by atoms with van der Waals surface area (Å²) in [5.74, 6) is -0.450. The molecule has 0 aromatic carbocycles. The standard InChI is InChI=1S/C15H27NO4/c1-7-15(5,19-6)13(18)16-10-8-9-11(16)12(17)20-14(2,3)4/h11H,7-10H2,1-6H3/t11-,15?/m1/s1. The highest BCUT2D eigenvalue weighted by molar-refractivity contribution is 5.90. The Hall–Kier alpha value is -1.10. The van der Waals surface area contributed by atoms with Crippen LogP contribution in [0.3, 0.4) is 0 Å². The number of nitrogens with zero attached hydrogens (tertiary/aromatic N) is 1. The van der Waals surface area contributed by atoms with Gasteiger partial charge in [0.1, 0.15) is 17.2 Å². The third-order valence-corrected chi connectivity index (χ3v) is 3.77.